The molecule has 1 aliphatic heterocycles. The smallest absolute Gasteiger partial charge is 0.418 e. The number of rotatable bonds is 5. The van der Waals surface area contributed by atoms with Gasteiger partial charge in [0.15, 0.2) is 0 Å². The van der Waals surface area contributed by atoms with Gasteiger partial charge >= 0.3 is 12.2 Å². The van der Waals surface area contributed by atoms with E-state index in [0.29, 0.717) is 13.2 Å². The van der Waals surface area contributed by atoms with Crippen molar-refractivity contribution in [3.63, 3.8) is 0 Å². The van der Waals surface area contributed by atoms with Gasteiger partial charge in [0.2, 0.25) is 0 Å². The van der Waals surface area contributed by atoms with Crippen LogP contribution in [0.25, 0.3) is 0 Å². The molecular formula is C16H21F3N2O3. The molecule has 0 bridgehead atoms. The highest BCUT2D eigenvalue weighted by Crippen LogP contribution is 2.37. The van der Waals surface area contributed by atoms with Gasteiger partial charge in [-0.05, 0) is 38.0 Å². The average Bonchev–Trinajstić information content (AvgIpc) is 3.00. The van der Waals surface area contributed by atoms with Gasteiger partial charge in [-0.2, -0.15) is 13.2 Å². The van der Waals surface area contributed by atoms with E-state index in [4.69, 9.17) is 9.47 Å². The van der Waals surface area contributed by atoms with E-state index >= 15 is 0 Å². The second-order valence-corrected chi connectivity index (χ2v) is 5.58. The van der Waals surface area contributed by atoms with E-state index in [0.717, 1.165) is 18.9 Å². The van der Waals surface area contributed by atoms with Gasteiger partial charge in [-0.3, -0.25) is 0 Å². The maximum Gasteiger partial charge on any atom is 0.418 e. The summed E-state index contributed by atoms with van der Waals surface area (Å²) >= 11 is 0. The third-order valence-electron chi connectivity index (χ3n) is 3.70. The molecule has 0 spiro atoms. The van der Waals surface area contributed by atoms with Crippen LogP contribution in [0.1, 0.15) is 25.3 Å². The van der Waals surface area contributed by atoms with E-state index in [1.165, 1.54) is 24.1 Å². The van der Waals surface area contributed by atoms with Crippen LogP contribution in [0.4, 0.5) is 23.7 Å². The molecule has 0 saturated carbocycles. The predicted molar refractivity (Wildman–Crippen MR) is 83.2 cm³/mol. The third-order valence-corrected chi connectivity index (χ3v) is 3.70. The van der Waals surface area contributed by atoms with Gasteiger partial charge in [-0.25, -0.2) is 4.79 Å². The fourth-order valence-corrected chi connectivity index (χ4v) is 2.51. The van der Waals surface area contributed by atoms with E-state index in [2.05, 4.69) is 5.32 Å². The van der Waals surface area contributed by atoms with Gasteiger partial charge in [-0.1, -0.05) is 0 Å². The van der Waals surface area contributed by atoms with Crippen molar-refractivity contribution < 1.29 is 27.4 Å². The number of nitrogens with one attached hydrogen (secondary N) is 1. The third kappa shape index (κ3) is 4.77. The van der Waals surface area contributed by atoms with Crippen LogP contribution in [0, 0.1) is 0 Å². The molecular weight excluding hydrogens is 325 g/mol. The minimum atomic E-state index is -4.59. The van der Waals surface area contributed by atoms with Gasteiger partial charge in [0.05, 0.1) is 24.0 Å². The largest absolute Gasteiger partial charge is 0.494 e. The molecule has 1 fully saturated rings. The van der Waals surface area contributed by atoms with Crippen LogP contribution in [0.15, 0.2) is 18.2 Å². The molecule has 0 aromatic heterocycles. The lowest BCUT2D eigenvalue weighted by Crippen LogP contribution is -2.37. The first-order valence-electron chi connectivity index (χ1n) is 7.79. The number of anilines is 1. The Hall–Kier alpha value is -1.96. The molecule has 2 rings (SSSR count). The highest BCUT2D eigenvalue weighted by atomic mass is 19.4. The number of carbonyl (C=O) groups is 1. The molecule has 1 aliphatic rings. The summed E-state index contributed by atoms with van der Waals surface area (Å²) < 4.78 is 50.1. The van der Waals surface area contributed by atoms with E-state index in [1.54, 1.807) is 6.92 Å². The Morgan fingerprint density at radius 1 is 1.46 bits per heavy atom. The highest BCUT2D eigenvalue weighted by Gasteiger charge is 2.35. The minimum absolute atomic E-state index is 0.0665. The number of hydrogen-bond acceptors (Lipinski definition) is 3. The average molecular weight is 346 g/mol. The molecule has 1 atom stereocenters. The van der Waals surface area contributed by atoms with E-state index in [-0.39, 0.29) is 24.1 Å². The van der Waals surface area contributed by atoms with Crippen molar-refractivity contribution in [1.29, 1.82) is 0 Å². The maximum atomic E-state index is 13.2. The number of carbonyl (C=O) groups excluding carboxylic acids is 1. The molecule has 2 amide bonds. The van der Waals surface area contributed by atoms with Crippen LogP contribution in [0.3, 0.4) is 0 Å². The van der Waals surface area contributed by atoms with Crippen molar-refractivity contribution in [2.24, 2.45) is 0 Å². The number of nitrogens with zero attached hydrogens (tertiary/aromatic N) is 1. The summed E-state index contributed by atoms with van der Waals surface area (Å²) in [5.41, 5.74) is -1.23. The summed E-state index contributed by atoms with van der Waals surface area (Å²) in [6.07, 6.45) is -2.89. The predicted octanol–water partition coefficient (Wildman–Crippen LogP) is 3.75. The van der Waals surface area contributed by atoms with Crippen molar-refractivity contribution in [3.05, 3.63) is 23.8 Å². The summed E-state index contributed by atoms with van der Waals surface area (Å²) in [5.74, 6) is 0.107. The van der Waals surface area contributed by atoms with Crippen molar-refractivity contribution in [2.75, 3.05) is 32.1 Å². The first kappa shape index (κ1) is 18.4. The normalized spacial score (nSPS) is 17.6. The van der Waals surface area contributed by atoms with Gasteiger partial charge in [0, 0.05) is 20.2 Å². The topological polar surface area (TPSA) is 50.8 Å². The molecule has 24 heavy (non-hydrogen) atoms. The summed E-state index contributed by atoms with van der Waals surface area (Å²) in [7, 11) is 1.53. The van der Waals surface area contributed by atoms with Gasteiger partial charge in [0.1, 0.15) is 5.75 Å². The molecule has 8 heteroatoms. The zero-order valence-electron chi connectivity index (χ0n) is 13.7. The van der Waals surface area contributed by atoms with Crippen LogP contribution < -0.4 is 10.1 Å². The van der Waals surface area contributed by atoms with Crippen molar-refractivity contribution >= 4 is 11.7 Å². The summed E-state index contributed by atoms with van der Waals surface area (Å²) in [4.78, 5) is 13.5. The molecule has 1 aromatic rings. The summed E-state index contributed by atoms with van der Waals surface area (Å²) in [5, 5.41) is 2.32. The lowest BCUT2D eigenvalue weighted by molar-refractivity contribution is -0.137. The maximum absolute atomic E-state index is 13.2. The summed E-state index contributed by atoms with van der Waals surface area (Å²) in [6.45, 7) is 2.93. The van der Waals surface area contributed by atoms with Crippen molar-refractivity contribution in [3.8, 4) is 5.75 Å². The SMILES string of the molecule is CCOc1ccc(NC(=O)N(C)C[C@H]2CCCO2)c(C(F)(F)F)c1. The lowest BCUT2D eigenvalue weighted by Gasteiger charge is -2.22. The quantitative estimate of drug-likeness (QED) is 0.883. The molecule has 1 saturated heterocycles. The van der Waals surface area contributed by atoms with Gasteiger partial charge < -0.3 is 19.7 Å². The van der Waals surface area contributed by atoms with Crippen LogP contribution in [-0.2, 0) is 10.9 Å². The molecule has 1 heterocycles. The van der Waals surface area contributed by atoms with Crippen molar-refractivity contribution in [1.82, 2.24) is 4.90 Å². The summed E-state index contributed by atoms with van der Waals surface area (Å²) in [6, 6.07) is 2.87. The number of halogens is 3. The molecule has 1 N–H and O–H groups in total. The molecule has 0 radical (unpaired) electrons. The first-order valence-corrected chi connectivity index (χ1v) is 7.79. The molecule has 0 aliphatic carbocycles. The van der Waals surface area contributed by atoms with E-state index in [1.807, 2.05) is 0 Å². The van der Waals surface area contributed by atoms with Crippen LogP contribution in [-0.4, -0.2) is 43.8 Å². The monoisotopic (exact) mass is 346 g/mol. The van der Waals surface area contributed by atoms with Crippen LogP contribution >= 0.6 is 0 Å². The fraction of sp³-hybridized carbons (Fsp3) is 0.562. The molecule has 1 aromatic carbocycles. The van der Waals surface area contributed by atoms with Crippen LogP contribution in [0.2, 0.25) is 0 Å². The number of ether oxygens (including phenoxy) is 2. The Kier molecular flexibility index (Phi) is 5.93. The first-order chi connectivity index (χ1) is 11.3. The van der Waals surface area contributed by atoms with Crippen molar-refractivity contribution in [2.45, 2.75) is 32.0 Å². The number of likely N-dealkylation sites (N-methyl/N-ethyl adjacent to an activating group) is 1. The van der Waals surface area contributed by atoms with E-state index in [9.17, 15) is 18.0 Å². The number of hydrogen-bond donors (Lipinski definition) is 1. The number of benzene rings is 1. The standard InChI is InChI=1S/C16H21F3N2O3/c1-3-23-11-6-7-14(13(9-11)16(17,18)19)20-15(22)21(2)10-12-5-4-8-24-12/h6-7,9,12H,3-5,8,10H2,1-2H3,(H,20,22)/t12-/m1/s1. The Labute approximate surface area is 138 Å². The molecule has 0 unspecified atom stereocenters. The Balaban J connectivity index is 2.10. The highest BCUT2D eigenvalue weighted by molar-refractivity contribution is 5.90. The van der Waals surface area contributed by atoms with Crippen LogP contribution in [0.5, 0.6) is 5.75 Å². The molecule has 5 nitrogen and oxygen atoms in total. The van der Waals surface area contributed by atoms with Gasteiger partial charge in [0.25, 0.3) is 0 Å². The zero-order chi connectivity index (χ0) is 17.7. The number of amides is 2. The molecule has 134 valence electrons. The lowest BCUT2D eigenvalue weighted by atomic mass is 10.1. The number of alkyl halides is 3. The van der Waals surface area contributed by atoms with E-state index < -0.39 is 17.8 Å². The Morgan fingerprint density at radius 2 is 2.21 bits per heavy atom. The van der Waals surface area contributed by atoms with Gasteiger partial charge in [-0.15, -0.1) is 0 Å². The Bertz CT molecular complexity index is 572. The zero-order valence-corrected chi connectivity index (χ0v) is 13.7. The minimum Gasteiger partial charge on any atom is -0.494 e. The number of urea groups is 1. The second kappa shape index (κ2) is 7.74. The fourth-order valence-electron chi connectivity index (χ4n) is 2.51. The second-order valence-electron chi connectivity index (χ2n) is 5.58. The Morgan fingerprint density at radius 3 is 2.79 bits per heavy atom.